The molecule has 0 radical (unpaired) electrons. The Kier molecular flexibility index (Phi) is 5.39. The Balaban J connectivity index is 1.66. The molecule has 0 saturated heterocycles. The summed E-state index contributed by atoms with van der Waals surface area (Å²) < 4.78 is 5.57. The van der Waals surface area contributed by atoms with Crippen LogP contribution in [-0.2, 0) is 0 Å². The van der Waals surface area contributed by atoms with Crippen LogP contribution in [0, 0.1) is 0 Å². The van der Waals surface area contributed by atoms with Gasteiger partial charge in [0, 0.05) is 31.0 Å². The predicted molar refractivity (Wildman–Crippen MR) is 80.9 cm³/mol. The molecule has 3 N–H and O–H groups in total. The second-order valence-electron chi connectivity index (χ2n) is 4.14. The maximum absolute atomic E-state index is 5.78. The first-order valence-electron chi connectivity index (χ1n) is 6.49. The molecule has 0 saturated carbocycles. The van der Waals surface area contributed by atoms with Gasteiger partial charge in [0.1, 0.15) is 5.75 Å². The molecule has 104 valence electrons. The van der Waals surface area contributed by atoms with E-state index in [1.54, 1.807) is 12.4 Å². The molecule has 5 heteroatoms. The number of anilines is 1. The molecule has 0 unspecified atom stereocenters. The fourth-order valence-electron chi connectivity index (χ4n) is 1.59. The van der Waals surface area contributed by atoms with Crippen LogP contribution in [0.5, 0.6) is 5.75 Å². The van der Waals surface area contributed by atoms with Gasteiger partial charge in [-0.25, -0.2) is 0 Å². The SMILES string of the molecule is NC(=NCCCOc1ccccc1)Nc1ccncc1. The number of nitrogens with zero attached hydrogens (tertiary/aromatic N) is 2. The van der Waals surface area contributed by atoms with Crippen molar-refractivity contribution in [2.75, 3.05) is 18.5 Å². The highest BCUT2D eigenvalue weighted by molar-refractivity contribution is 5.92. The third-order valence-corrected chi connectivity index (χ3v) is 2.55. The van der Waals surface area contributed by atoms with Crippen molar-refractivity contribution in [2.45, 2.75) is 6.42 Å². The predicted octanol–water partition coefficient (Wildman–Crippen LogP) is 2.28. The molecule has 0 fully saturated rings. The van der Waals surface area contributed by atoms with E-state index < -0.39 is 0 Å². The summed E-state index contributed by atoms with van der Waals surface area (Å²) in [5.74, 6) is 1.27. The van der Waals surface area contributed by atoms with Crippen LogP contribution in [0.2, 0.25) is 0 Å². The molecule has 5 nitrogen and oxygen atoms in total. The zero-order chi connectivity index (χ0) is 14.0. The van der Waals surface area contributed by atoms with E-state index in [2.05, 4.69) is 15.3 Å². The summed E-state index contributed by atoms with van der Waals surface area (Å²) in [6, 6.07) is 13.4. The van der Waals surface area contributed by atoms with Crippen molar-refractivity contribution in [3.8, 4) is 5.75 Å². The molecule has 0 atom stereocenters. The Labute approximate surface area is 118 Å². The first kappa shape index (κ1) is 13.9. The minimum absolute atomic E-state index is 0.399. The Morgan fingerprint density at radius 3 is 2.65 bits per heavy atom. The van der Waals surface area contributed by atoms with Gasteiger partial charge in [-0.05, 0) is 24.3 Å². The van der Waals surface area contributed by atoms with E-state index in [0.29, 0.717) is 19.1 Å². The summed E-state index contributed by atoms with van der Waals surface area (Å²) in [6.07, 6.45) is 4.21. The van der Waals surface area contributed by atoms with Crippen LogP contribution >= 0.6 is 0 Å². The van der Waals surface area contributed by atoms with E-state index in [9.17, 15) is 0 Å². The van der Waals surface area contributed by atoms with E-state index in [4.69, 9.17) is 10.5 Å². The van der Waals surface area contributed by atoms with Crippen LogP contribution in [0.3, 0.4) is 0 Å². The normalized spacial score (nSPS) is 11.1. The molecule has 0 aliphatic heterocycles. The molecular weight excluding hydrogens is 252 g/mol. The summed E-state index contributed by atoms with van der Waals surface area (Å²) in [4.78, 5) is 8.16. The van der Waals surface area contributed by atoms with Crippen LogP contribution < -0.4 is 15.8 Å². The average Bonchev–Trinajstić information content (AvgIpc) is 2.49. The highest BCUT2D eigenvalue weighted by Gasteiger charge is 1.94. The lowest BCUT2D eigenvalue weighted by Gasteiger charge is -2.06. The van der Waals surface area contributed by atoms with Crippen molar-refractivity contribution in [1.29, 1.82) is 0 Å². The van der Waals surface area contributed by atoms with E-state index in [-0.39, 0.29) is 0 Å². The molecule has 20 heavy (non-hydrogen) atoms. The highest BCUT2D eigenvalue weighted by Crippen LogP contribution is 2.08. The van der Waals surface area contributed by atoms with Gasteiger partial charge in [0.15, 0.2) is 5.96 Å². The van der Waals surface area contributed by atoms with Crippen LogP contribution in [0.1, 0.15) is 6.42 Å². The number of pyridine rings is 1. The quantitative estimate of drug-likeness (QED) is 0.480. The molecule has 1 heterocycles. The lowest BCUT2D eigenvalue weighted by Crippen LogP contribution is -2.23. The molecule has 0 amide bonds. The van der Waals surface area contributed by atoms with Crippen molar-refractivity contribution < 1.29 is 4.74 Å². The topological polar surface area (TPSA) is 72.5 Å². The number of rotatable bonds is 6. The Hall–Kier alpha value is -2.56. The summed E-state index contributed by atoms with van der Waals surface area (Å²) in [5.41, 5.74) is 6.65. The second-order valence-corrected chi connectivity index (χ2v) is 4.14. The number of aliphatic imine (C=N–C) groups is 1. The maximum atomic E-state index is 5.78. The van der Waals surface area contributed by atoms with Gasteiger partial charge < -0.3 is 15.8 Å². The van der Waals surface area contributed by atoms with Gasteiger partial charge in [-0.2, -0.15) is 0 Å². The molecule has 0 aliphatic rings. The number of nitrogens with one attached hydrogen (secondary N) is 1. The van der Waals surface area contributed by atoms with Gasteiger partial charge in [0.25, 0.3) is 0 Å². The van der Waals surface area contributed by atoms with Gasteiger partial charge in [0.05, 0.1) is 6.61 Å². The molecule has 2 aromatic rings. The number of nitrogens with two attached hydrogens (primary N) is 1. The smallest absolute Gasteiger partial charge is 0.193 e. The average molecular weight is 270 g/mol. The number of guanidine groups is 1. The van der Waals surface area contributed by atoms with Crippen LogP contribution in [0.15, 0.2) is 59.9 Å². The molecule has 1 aromatic heterocycles. The third-order valence-electron chi connectivity index (χ3n) is 2.55. The molecule has 0 bridgehead atoms. The zero-order valence-corrected chi connectivity index (χ0v) is 11.2. The summed E-state index contributed by atoms with van der Waals surface area (Å²) >= 11 is 0. The molecule has 0 spiro atoms. The first-order chi connectivity index (χ1) is 9.84. The standard InChI is InChI=1S/C15H18N4O/c16-15(19-13-7-10-17-11-8-13)18-9-4-12-20-14-5-2-1-3-6-14/h1-3,5-8,10-11H,4,9,12H2,(H3,16,17,18,19). The minimum Gasteiger partial charge on any atom is -0.494 e. The van der Waals surface area contributed by atoms with Crippen LogP contribution in [0.25, 0.3) is 0 Å². The largest absolute Gasteiger partial charge is 0.494 e. The lowest BCUT2D eigenvalue weighted by atomic mass is 10.3. The van der Waals surface area contributed by atoms with E-state index in [0.717, 1.165) is 17.9 Å². The molecular formula is C15H18N4O. The fourth-order valence-corrected chi connectivity index (χ4v) is 1.59. The Bertz CT molecular complexity index is 528. The van der Waals surface area contributed by atoms with Gasteiger partial charge in [0.2, 0.25) is 0 Å². The van der Waals surface area contributed by atoms with Gasteiger partial charge in [-0.15, -0.1) is 0 Å². The summed E-state index contributed by atoms with van der Waals surface area (Å²) in [7, 11) is 0. The number of hydrogen-bond donors (Lipinski definition) is 2. The fraction of sp³-hybridized carbons (Fsp3) is 0.200. The third kappa shape index (κ3) is 4.97. The number of hydrogen-bond acceptors (Lipinski definition) is 3. The van der Waals surface area contributed by atoms with Crippen molar-refractivity contribution in [3.05, 3.63) is 54.9 Å². The van der Waals surface area contributed by atoms with E-state index >= 15 is 0 Å². The number of para-hydroxylation sites is 1. The number of benzene rings is 1. The molecule has 0 aliphatic carbocycles. The van der Waals surface area contributed by atoms with Crippen molar-refractivity contribution in [3.63, 3.8) is 0 Å². The van der Waals surface area contributed by atoms with Gasteiger partial charge >= 0.3 is 0 Å². The summed E-state index contributed by atoms with van der Waals surface area (Å²) in [6.45, 7) is 1.24. The Morgan fingerprint density at radius 2 is 1.90 bits per heavy atom. The maximum Gasteiger partial charge on any atom is 0.193 e. The molecule has 2 rings (SSSR count). The molecule has 1 aromatic carbocycles. The Morgan fingerprint density at radius 1 is 1.15 bits per heavy atom. The van der Waals surface area contributed by atoms with Gasteiger partial charge in [-0.1, -0.05) is 18.2 Å². The number of ether oxygens (including phenoxy) is 1. The minimum atomic E-state index is 0.399. The monoisotopic (exact) mass is 270 g/mol. The van der Waals surface area contributed by atoms with Crippen molar-refractivity contribution >= 4 is 11.6 Å². The van der Waals surface area contributed by atoms with Crippen LogP contribution in [-0.4, -0.2) is 24.1 Å². The highest BCUT2D eigenvalue weighted by atomic mass is 16.5. The van der Waals surface area contributed by atoms with E-state index in [1.807, 2.05) is 42.5 Å². The second kappa shape index (κ2) is 7.78. The lowest BCUT2D eigenvalue weighted by molar-refractivity contribution is 0.313. The zero-order valence-electron chi connectivity index (χ0n) is 11.2. The van der Waals surface area contributed by atoms with Gasteiger partial charge in [-0.3, -0.25) is 9.98 Å². The van der Waals surface area contributed by atoms with Crippen molar-refractivity contribution in [1.82, 2.24) is 4.98 Å². The summed E-state index contributed by atoms with van der Waals surface area (Å²) in [5, 5.41) is 3.00. The van der Waals surface area contributed by atoms with Crippen LogP contribution in [0.4, 0.5) is 5.69 Å². The van der Waals surface area contributed by atoms with E-state index in [1.165, 1.54) is 0 Å². The first-order valence-corrected chi connectivity index (χ1v) is 6.49. The number of aromatic nitrogens is 1. The van der Waals surface area contributed by atoms with Crippen molar-refractivity contribution in [2.24, 2.45) is 10.7 Å².